The number of aliphatic imine (C=N–C) groups is 1. The van der Waals surface area contributed by atoms with Crippen LogP contribution in [-0.4, -0.2) is 29.6 Å². The van der Waals surface area contributed by atoms with E-state index in [4.69, 9.17) is 10.00 Å². The maximum absolute atomic E-state index is 11.4. The summed E-state index contributed by atoms with van der Waals surface area (Å²) >= 11 is 1.22. The molecular formula is C17H15N3O3S. The largest absolute Gasteiger partial charge is 0.497 e. The first-order valence-electron chi connectivity index (χ1n) is 6.88. The van der Waals surface area contributed by atoms with Crippen molar-refractivity contribution < 1.29 is 14.6 Å². The molecule has 0 saturated heterocycles. The Bertz CT molecular complexity index is 811. The van der Waals surface area contributed by atoms with Crippen molar-refractivity contribution in [1.29, 1.82) is 5.26 Å². The molecule has 0 saturated carbocycles. The molecule has 2 N–H and O–H groups in total. The SMILES string of the molecule is COc1ccc(-c2ccc(C(=O)O)c(N=C(NC#N)SC)c2)cc1. The predicted molar refractivity (Wildman–Crippen MR) is 94.7 cm³/mol. The number of nitrogens with one attached hydrogen (secondary N) is 1. The Morgan fingerprint density at radius 3 is 2.46 bits per heavy atom. The highest BCUT2D eigenvalue weighted by Gasteiger charge is 2.12. The van der Waals surface area contributed by atoms with E-state index in [2.05, 4.69) is 10.3 Å². The normalized spacial score (nSPS) is 10.8. The Kier molecular flexibility index (Phi) is 5.82. The number of amidine groups is 1. The molecule has 0 heterocycles. The summed E-state index contributed by atoms with van der Waals surface area (Å²) in [5.74, 6) is -0.338. The van der Waals surface area contributed by atoms with Gasteiger partial charge < -0.3 is 9.84 Å². The van der Waals surface area contributed by atoms with Crippen molar-refractivity contribution in [3.63, 3.8) is 0 Å². The average molecular weight is 341 g/mol. The maximum Gasteiger partial charge on any atom is 0.337 e. The van der Waals surface area contributed by atoms with Crippen LogP contribution in [-0.2, 0) is 0 Å². The van der Waals surface area contributed by atoms with Crippen molar-refractivity contribution in [2.24, 2.45) is 4.99 Å². The number of carboxylic acid groups (broad SMARTS) is 1. The molecule has 0 aromatic heterocycles. The van der Waals surface area contributed by atoms with E-state index in [0.29, 0.717) is 5.17 Å². The molecule has 6 nitrogen and oxygen atoms in total. The van der Waals surface area contributed by atoms with Crippen LogP contribution in [0.4, 0.5) is 5.69 Å². The lowest BCUT2D eigenvalue weighted by atomic mass is 10.0. The van der Waals surface area contributed by atoms with Crippen LogP contribution in [0.25, 0.3) is 11.1 Å². The molecule has 24 heavy (non-hydrogen) atoms. The quantitative estimate of drug-likeness (QED) is 0.383. The lowest BCUT2D eigenvalue weighted by Crippen LogP contribution is -2.13. The molecule has 2 aromatic rings. The van der Waals surface area contributed by atoms with Crippen LogP contribution >= 0.6 is 11.8 Å². The molecule has 0 amide bonds. The number of hydrogen-bond donors (Lipinski definition) is 2. The van der Waals surface area contributed by atoms with E-state index < -0.39 is 5.97 Å². The van der Waals surface area contributed by atoms with Gasteiger partial charge in [0.15, 0.2) is 11.4 Å². The molecule has 0 atom stereocenters. The number of hydrogen-bond acceptors (Lipinski definition) is 5. The summed E-state index contributed by atoms with van der Waals surface area (Å²) in [4.78, 5) is 15.7. The summed E-state index contributed by atoms with van der Waals surface area (Å²) in [6.07, 6.45) is 3.53. The first-order chi connectivity index (χ1) is 11.6. The summed E-state index contributed by atoms with van der Waals surface area (Å²) in [6, 6.07) is 12.3. The average Bonchev–Trinajstić information content (AvgIpc) is 2.61. The van der Waals surface area contributed by atoms with Crippen molar-refractivity contribution in [3.8, 4) is 23.1 Å². The number of benzene rings is 2. The zero-order valence-electron chi connectivity index (χ0n) is 13.1. The van der Waals surface area contributed by atoms with Crippen molar-refractivity contribution in [3.05, 3.63) is 48.0 Å². The van der Waals surface area contributed by atoms with Gasteiger partial charge in [0.25, 0.3) is 0 Å². The number of aromatic carboxylic acids is 1. The van der Waals surface area contributed by atoms with Gasteiger partial charge in [0.1, 0.15) is 5.75 Å². The number of methoxy groups -OCH3 is 1. The van der Waals surface area contributed by atoms with Gasteiger partial charge in [0.2, 0.25) is 0 Å². The Labute approximate surface area is 143 Å². The van der Waals surface area contributed by atoms with Gasteiger partial charge in [-0.2, -0.15) is 5.26 Å². The van der Waals surface area contributed by atoms with E-state index >= 15 is 0 Å². The van der Waals surface area contributed by atoms with Crippen LogP contribution in [0.2, 0.25) is 0 Å². The highest BCUT2D eigenvalue weighted by molar-refractivity contribution is 8.13. The standard InChI is InChI=1S/C17H15N3O3S/c1-23-13-6-3-11(4-7-13)12-5-8-14(16(21)22)15(9-12)20-17(24-2)19-10-18/h3-9H,1-2H3,(H,19,20)(H,21,22). The maximum atomic E-state index is 11.4. The van der Waals surface area contributed by atoms with Crippen molar-refractivity contribution in [1.82, 2.24) is 5.32 Å². The molecular weight excluding hydrogens is 326 g/mol. The number of ether oxygens (including phenoxy) is 1. The molecule has 2 rings (SSSR count). The van der Waals surface area contributed by atoms with Gasteiger partial charge in [-0.15, -0.1) is 0 Å². The fourth-order valence-corrected chi connectivity index (χ4v) is 2.39. The van der Waals surface area contributed by atoms with E-state index in [0.717, 1.165) is 16.9 Å². The molecule has 2 aromatic carbocycles. The van der Waals surface area contributed by atoms with E-state index in [1.807, 2.05) is 24.3 Å². The van der Waals surface area contributed by atoms with Crippen molar-refractivity contribution in [2.75, 3.05) is 13.4 Å². The molecule has 0 fully saturated rings. The minimum Gasteiger partial charge on any atom is -0.497 e. The number of carbonyl (C=O) groups is 1. The first kappa shape index (κ1) is 17.4. The summed E-state index contributed by atoms with van der Waals surface area (Å²) in [5.41, 5.74) is 2.07. The highest BCUT2D eigenvalue weighted by Crippen LogP contribution is 2.29. The molecule has 122 valence electrons. The van der Waals surface area contributed by atoms with Gasteiger partial charge in [0, 0.05) is 0 Å². The van der Waals surface area contributed by atoms with Crippen LogP contribution in [0.1, 0.15) is 10.4 Å². The van der Waals surface area contributed by atoms with E-state index in [1.165, 1.54) is 17.8 Å². The predicted octanol–water partition coefficient (Wildman–Crippen LogP) is 3.48. The van der Waals surface area contributed by atoms with Gasteiger partial charge in [-0.3, -0.25) is 5.32 Å². The minimum absolute atomic E-state index is 0.0681. The summed E-state index contributed by atoms with van der Waals surface area (Å²) in [6.45, 7) is 0. The second kappa shape index (κ2) is 8.04. The van der Waals surface area contributed by atoms with Gasteiger partial charge in [-0.05, 0) is 41.6 Å². The number of thioether (sulfide) groups is 1. The van der Waals surface area contributed by atoms with Crippen LogP contribution in [0.3, 0.4) is 0 Å². The van der Waals surface area contributed by atoms with Crippen LogP contribution in [0.5, 0.6) is 5.75 Å². The second-order valence-electron chi connectivity index (χ2n) is 4.62. The number of nitriles is 1. The molecule has 0 bridgehead atoms. The van der Waals surface area contributed by atoms with Crippen LogP contribution in [0.15, 0.2) is 47.5 Å². The van der Waals surface area contributed by atoms with Gasteiger partial charge in [0.05, 0.1) is 18.4 Å². The topological polar surface area (TPSA) is 94.7 Å². The zero-order chi connectivity index (χ0) is 17.5. The molecule has 0 aliphatic carbocycles. The van der Waals surface area contributed by atoms with Crippen molar-refractivity contribution >= 4 is 28.6 Å². The van der Waals surface area contributed by atoms with Crippen LogP contribution < -0.4 is 10.1 Å². The summed E-state index contributed by atoms with van der Waals surface area (Å²) in [7, 11) is 1.59. The molecule has 0 aliphatic heterocycles. The monoisotopic (exact) mass is 341 g/mol. The van der Waals surface area contributed by atoms with E-state index in [1.54, 1.807) is 31.7 Å². The summed E-state index contributed by atoms with van der Waals surface area (Å²) in [5, 5.41) is 20.8. The highest BCUT2D eigenvalue weighted by atomic mass is 32.2. The third kappa shape index (κ3) is 4.06. The van der Waals surface area contributed by atoms with Gasteiger partial charge in [-0.1, -0.05) is 30.0 Å². The lowest BCUT2D eigenvalue weighted by molar-refractivity contribution is 0.0698. The lowest BCUT2D eigenvalue weighted by Gasteiger charge is -2.08. The molecule has 0 radical (unpaired) electrons. The third-order valence-corrected chi connectivity index (χ3v) is 3.81. The van der Waals surface area contributed by atoms with E-state index in [9.17, 15) is 9.90 Å². The first-order valence-corrected chi connectivity index (χ1v) is 8.11. The number of rotatable bonds is 4. The fourth-order valence-electron chi connectivity index (χ4n) is 2.05. The molecule has 0 aliphatic rings. The zero-order valence-corrected chi connectivity index (χ0v) is 13.9. The molecule has 7 heteroatoms. The second-order valence-corrected chi connectivity index (χ2v) is 5.42. The Morgan fingerprint density at radius 2 is 1.92 bits per heavy atom. The van der Waals surface area contributed by atoms with Crippen LogP contribution in [0, 0.1) is 11.5 Å². The Hall–Kier alpha value is -2.98. The minimum atomic E-state index is -1.08. The smallest absolute Gasteiger partial charge is 0.337 e. The van der Waals surface area contributed by atoms with E-state index in [-0.39, 0.29) is 11.3 Å². The number of carboxylic acids is 1. The van der Waals surface area contributed by atoms with Gasteiger partial charge >= 0.3 is 5.97 Å². The van der Waals surface area contributed by atoms with Gasteiger partial charge in [-0.25, -0.2) is 9.79 Å². The number of nitrogens with zero attached hydrogens (tertiary/aromatic N) is 2. The third-order valence-electron chi connectivity index (χ3n) is 3.23. The summed E-state index contributed by atoms with van der Waals surface area (Å²) < 4.78 is 5.13. The molecule has 0 unspecified atom stereocenters. The fraction of sp³-hybridized carbons (Fsp3) is 0.118. The molecule has 0 spiro atoms. The van der Waals surface area contributed by atoms with Crippen molar-refractivity contribution in [2.45, 2.75) is 0 Å². The Balaban J connectivity index is 2.51. The Morgan fingerprint density at radius 1 is 1.25 bits per heavy atom.